The molecule has 2 heterocycles. The molecule has 4 rings (SSSR count). The number of rotatable bonds is 4. The van der Waals surface area contributed by atoms with Crippen LogP contribution in [0.2, 0.25) is 0 Å². The number of benzene rings is 2. The summed E-state index contributed by atoms with van der Waals surface area (Å²) in [6.45, 7) is 0. The summed E-state index contributed by atoms with van der Waals surface area (Å²) in [5.41, 5.74) is 3.56. The Morgan fingerprint density at radius 1 is 0.667 bits per heavy atom. The van der Waals surface area contributed by atoms with Gasteiger partial charge in [-0.2, -0.15) is 20.5 Å². The van der Waals surface area contributed by atoms with Gasteiger partial charge in [0.05, 0.1) is 14.2 Å². The maximum absolute atomic E-state index is 9.22. The second kappa shape index (κ2) is 8.50. The van der Waals surface area contributed by atoms with Crippen molar-refractivity contribution in [3.8, 4) is 23.9 Å². The number of hydrogen-bond donors (Lipinski definition) is 0. The van der Waals surface area contributed by atoms with Crippen molar-refractivity contribution in [1.29, 1.82) is 10.5 Å². The lowest BCUT2D eigenvalue weighted by molar-refractivity contribution is 0.414. The van der Waals surface area contributed by atoms with Crippen molar-refractivity contribution >= 4 is 44.8 Å². The van der Waals surface area contributed by atoms with Gasteiger partial charge in [0, 0.05) is 21.0 Å². The van der Waals surface area contributed by atoms with Gasteiger partial charge in [0.15, 0.2) is 0 Å². The molecule has 0 saturated carbocycles. The monoisotopic (exact) mass is 430 g/mol. The zero-order chi connectivity index (χ0) is 21.1. The first-order chi connectivity index (χ1) is 14.7. The van der Waals surface area contributed by atoms with Gasteiger partial charge in [-0.15, -0.1) is 0 Å². The van der Waals surface area contributed by atoms with E-state index in [2.05, 4.69) is 9.98 Å². The van der Waals surface area contributed by atoms with Crippen molar-refractivity contribution in [2.45, 2.75) is 0 Å². The second-order valence-corrected chi connectivity index (χ2v) is 8.10. The number of nitriles is 2. The van der Waals surface area contributed by atoms with Crippen molar-refractivity contribution in [1.82, 2.24) is 0 Å². The highest BCUT2D eigenvalue weighted by atomic mass is 32.2. The Morgan fingerprint density at radius 2 is 1.03 bits per heavy atom. The van der Waals surface area contributed by atoms with Crippen LogP contribution < -0.4 is 9.47 Å². The van der Waals surface area contributed by atoms with E-state index in [1.807, 2.05) is 60.9 Å². The van der Waals surface area contributed by atoms with Crippen molar-refractivity contribution in [3.63, 3.8) is 0 Å². The van der Waals surface area contributed by atoms with Crippen LogP contribution in [0, 0.1) is 22.9 Å². The molecule has 8 heteroatoms. The van der Waals surface area contributed by atoms with E-state index in [0.717, 1.165) is 43.6 Å². The summed E-state index contributed by atoms with van der Waals surface area (Å²) in [7, 11) is 3.23. The number of ether oxygens (including phenoxy) is 2. The largest absolute Gasteiger partial charge is 0.497 e. The Hall–Kier alpha value is -3.46. The summed E-state index contributed by atoms with van der Waals surface area (Å²) >= 11 is 2.84. The second-order valence-electron chi connectivity index (χ2n) is 6.10. The number of fused-ring (bicyclic) bond motifs is 1. The highest BCUT2D eigenvalue weighted by molar-refractivity contribution is 8.26. The molecule has 0 fully saturated rings. The van der Waals surface area contributed by atoms with E-state index >= 15 is 0 Å². The van der Waals surface area contributed by atoms with E-state index in [9.17, 15) is 10.5 Å². The first kappa shape index (κ1) is 19.8. The molecule has 0 bridgehead atoms. The third-order valence-corrected chi connectivity index (χ3v) is 6.88. The van der Waals surface area contributed by atoms with Gasteiger partial charge in [-0.25, -0.2) is 0 Å². The van der Waals surface area contributed by atoms with E-state index in [4.69, 9.17) is 9.47 Å². The quantitative estimate of drug-likeness (QED) is 0.628. The number of nitrogens with zero attached hydrogens (tertiary/aromatic N) is 4. The zero-order valence-corrected chi connectivity index (χ0v) is 17.7. The fraction of sp³-hybridized carbons (Fsp3) is 0.0909. The molecule has 2 aromatic rings. The third-order valence-electron chi connectivity index (χ3n) is 4.55. The smallest absolute Gasteiger partial charge is 0.206 e. The van der Waals surface area contributed by atoms with Crippen LogP contribution in [0.25, 0.3) is 11.1 Å². The SMILES string of the molecule is COc1ccc(C2=C3SC(=NC#N)C(c4ccc(OC)cc4)=C3SC2=NC#N)cc1. The Balaban J connectivity index is 1.92. The average molecular weight is 431 g/mol. The van der Waals surface area contributed by atoms with Crippen LogP contribution in [-0.4, -0.2) is 24.3 Å². The maximum Gasteiger partial charge on any atom is 0.206 e. The minimum Gasteiger partial charge on any atom is -0.497 e. The van der Waals surface area contributed by atoms with Crippen LogP contribution in [0.5, 0.6) is 11.5 Å². The summed E-state index contributed by atoms with van der Waals surface area (Å²) in [6.07, 6.45) is 3.81. The van der Waals surface area contributed by atoms with Gasteiger partial charge in [0.1, 0.15) is 21.6 Å². The molecule has 0 saturated heterocycles. The van der Waals surface area contributed by atoms with E-state index in [1.54, 1.807) is 14.2 Å². The molecule has 2 aromatic carbocycles. The number of methoxy groups -OCH3 is 2. The third kappa shape index (κ3) is 3.48. The molecule has 6 nitrogen and oxygen atoms in total. The highest BCUT2D eigenvalue weighted by Crippen LogP contribution is 2.57. The number of thioether (sulfide) groups is 2. The lowest BCUT2D eigenvalue weighted by atomic mass is 10.0. The topological polar surface area (TPSA) is 90.8 Å². The fourth-order valence-corrected chi connectivity index (χ4v) is 5.79. The first-order valence-electron chi connectivity index (χ1n) is 8.78. The first-order valence-corrected chi connectivity index (χ1v) is 10.4. The Kier molecular flexibility index (Phi) is 5.62. The summed E-state index contributed by atoms with van der Waals surface area (Å²) < 4.78 is 10.5. The molecule has 30 heavy (non-hydrogen) atoms. The molecule has 2 aliphatic heterocycles. The van der Waals surface area contributed by atoms with Crippen LogP contribution in [0.3, 0.4) is 0 Å². The molecule has 0 aromatic heterocycles. The van der Waals surface area contributed by atoms with Gasteiger partial charge in [0.2, 0.25) is 12.4 Å². The minimum absolute atomic E-state index is 0.627. The van der Waals surface area contributed by atoms with Crippen molar-refractivity contribution < 1.29 is 9.47 Å². The van der Waals surface area contributed by atoms with Gasteiger partial charge < -0.3 is 9.47 Å². The van der Waals surface area contributed by atoms with Crippen LogP contribution in [-0.2, 0) is 0 Å². The normalized spacial score (nSPS) is 17.9. The van der Waals surface area contributed by atoms with E-state index < -0.39 is 0 Å². The van der Waals surface area contributed by atoms with Gasteiger partial charge in [0.25, 0.3) is 0 Å². The highest BCUT2D eigenvalue weighted by Gasteiger charge is 2.38. The van der Waals surface area contributed by atoms with E-state index in [0.29, 0.717) is 10.1 Å². The van der Waals surface area contributed by atoms with E-state index in [1.165, 1.54) is 23.5 Å². The van der Waals surface area contributed by atoms with Crippen LogP contribution >= 0.6 is 23.5 Å². The fourth-order valence-electron chi connectivity index (χ4n) is 3.18. The summed E-state index contributed by atoms with van der Waals surface area (Å²) in [5, 5.41) is 19.7. The Bertz CT molecular complexity index is 1110. The molecule has 146 valence electrons. The van der Waals surface area contributed by atoms with Crippen LogP contribution in [0.15, 0.2) is 68.3 Å². The standard InChI is InChI=1S/C22H14N4O2S2/c1-27-15-7-3-13(4-8-15)17-19-20(30-21(17)25-11-23)18(22(29-19)26-12-24)14-5-9-16(28-2)10-6-14/h3-10H,1-2H3. The molecule has 0 aliphatic carbocycles. The lowest BCUT2D eigenvalue weighted by Crippen LogP contribution is -1.97. The van der Waals surface area contributed by atoms with Gasteiger partial charge in [-0.3, -0.25) is 0 Å². The lowest BCUT2D eigenvalue weighted by Gasteiger charge is -2.08. The zero-order valence-electron chi connectivity index (χ0n) is 16.0. The van der Waals surface area contributed by atoms with Crippen LogP contribution in [0.1, 0.15) is 11.1 Å². The summed E-state index contributed by atoms with van der Waals surface area (Å²) in [4.78, 5) is 10.0. The molecular weight excluding hydrogens is 416 g/mol. The maximum atomic E-state index is 9.22. The van der Waals surface area contributed by atoms with Gasteiger partial charge >= 0.3 is 0 Å². The molecule has 0 N–H and O–H groups in total. The van der Waals surface area contributed by atoms with Crippen molar-refractivity contribution in [3.05, 3.63) is 69.5 Å². The Labute approximate surface area is 182 Å². The summed E-state index contributed by atoms with van der Waals surface area (Å²) in [6, 6.07) is 15.2. The summed E-state index contributed by atoms with van der Waals surface area (Å²) in [5.74, 6) is 1.49. The number of hydrogen-bond acceptors (Lipinski definition) is 8. The van der Waals surface area contributed by atoms with Crippen molar-refractivity contribution in [2.24, 2.45) is 9.98 Å². The average Bonchev–Trinajstić information content (AvgIpc) is 3.29. The van der Waals surface area contributed by atoms with Crippen molar-refractivity contribution in [2.75, 3.05) is 14.2 Å². The minimum atomic E-state index is 0.627. The van der Waals surface area contributed by atoms with Gasteiger partial charge in [-0.1, -0.05) is 47.8 Å². The predicted octanol–water partition coefficient (Wildman–Crippen LogP) is 5.08. The Morgan fingerprint density at radius 3 is 1.33 bits per heavy atom. The molecule has 0 radical (unpaired) electrons. The molecule has 0 amide bonds. The molecular formula is C22H14N4O2S2. The van der Waals surface area contributed by atoms with Crippen LogP contribution in [0.4, 0.5) is 0 Å². The predicted molar refractivity (Wildman–Crippen MR) is 121 cm³/mol. The van der Waals surface area contributed by atoms with E-state index in [-0.39, 0.29) is 0 Å². The molecule has 2 aliphatic rings. The van der Waals surface area contributed by atoms with Gasteiger partial charge in [-0.05, 0) is 35.4 Å². The molecule has 0 unspecified atom stereocenters. The number of aliphatic imine (C=N–C) groups is 2. The molecule has 0 spiro atoms. The molecule has 0 atom stereocenters.